The Bertz CT molecular complexity index is 184. The predicted molar refractivity (Wildman–Crippen MR) is 35.8 cm³/mol. The quantitative estimate of drug-likeness (QED) is 0.604. The van der Waals surface area contributed by atoms with Crippen LogP contribution >= 0.6 is 0 Å². The number of carboxylic acids is 1. The van der Waals surface area contributed by atoms with Gasteiger partial charge in [-0.25, -0.2) is 8.78 Å². The number of carbonyl (C=O) groups is 2. The maximum Gasteiger partial charge on any atom is 0.315 e. The average Bonchev–Trinajstić information content (AvgIpc) is 1.98. The highest BCUT2D eigenvalue weighted by molar-refractivity contribution is 5.96. The Hall–Kier alpha value is -1.20. The standard InChI is InChI=1S/C6H9F2NO3/c1-3(6(11)12)5(10)9-2-4(7)8/h3-4H,2H2,1H3,(H,9,10)(H,11,12). The van der Waals surface area contributed by atoms with Gasteiger partial charge < -0.3 is 10.4 Å². The Morgan fingerprint density at radius 2 is 2.00 bits per heavy atom. The SMILES string of the molecule is CC(C(=O)O)C(=O)NCC(F)F. The molecule has 0 saturated carbocycles. The van der Waals surface area contributed by atoms with Crippen molar-refractivity contribution in [1.29, 1.82) is 0 Å². The topological polar surface area (TPSA) is 66.4 Å². The summed E-state index contributed by atoms with van der Waals surface area (Å²) in [5.74, 6) is -3.52. The number of carboxylic acid groups (broad SMARTS) is 1. The van der Waals surface area contributed by atoms with Gasteiger partial charge in [-0.1, -0.05) is 0 Å². The minimum Gasteiger partial charge on any atom is -0.481 e. The van der Waals surface area contributed by atoms with Crippen molar-refractivity contribution in [2.24, 2.45) is 5.92 Å². The summed E-state index contributed by atoms with van der Waals surface area (Å²) in [7, 11) is 0. The van der Waals surface area contributed by atoms with E-state index < -0.39 is 30.8 Å². The number of amides is 1. The van der Waals surface area contributed by atoms with E-state index in [4.69, 9.17) is 5.11 Å². The van der Waals surface area contributed by atoms with Gasteiger partial charge in [0.15, 0.2) is 0 Å². The van der Waals surface area contributed by atoms with E-state index in [1.165, 1.54) is 0 Å². The highest BCUT2D eigenvalue weighted by atomic mass is 19.3. The van der Waals surface area contributed by atoms with Crippen LogP contribution in [0.3, 0.4) is 0 Å². The number of hydrogen-bond acceptors (Lipinski definition) is 2. The van der Waals surface area contributed by atoms with Gasteiger partial charge in [-0.3, -0.25) is 9.59 Å². The third-order valence-corrected chi connectivity index (χ3v) is 1.19. The molecule has 0 aliphatic carbocycles. The first-order valence-electron chi connectivity index (χ1n) is 3.23. The molecule has 4 nitrogen and oxygen atoms in total. The van der Waals surface area contributed by atoms with E-state index in [1.54, 1.807) is 5.32 Å². The Morgan fingerprint density at radius 3 is 2.33 bits per heavy atom. The van der Waals surface area contributed by atoms with Crippen molar-refractivity contribution in [3.8, 4) is 0 Å². The summed E-state index contributed by atoms with van der Waals surface area (Å²) in [4.78, 5) is 20.8. The summed E-state index contributed by atoms with van der Waals surface area (Å²) in [6.07, 6.45) is -2.66. The lowest BCUT2D eigenvalue weighted by Crippen LogP contribution is -2.36. The first-order valence-corrected chi connectivity index (χ1v) is 3.23. The van der Waals surface area contributed by atoms with Crippen LogP contribution in [0.15, 0.2) is 0 Å². The fraction of sp³-hybridized carbons (Fsp3) is 0.667. The smallest absolute Gasteiger partial charge is 0.315 e. The molecule has 12 heavy (non-hydrogen) atoms. The molecule has 2 N–H and O–H groups in total. The lowest BCUT2D eigenvalue weighted by molar-refractivity contribution is -0.146. The molecule has 1 amide bonds. The average molecular weight is 181 g/mol. The van der Waals surface area contributed by atoms with Crippen LogP contribution in [0.4, 0.5) is 8.78 Å². The largest absolute Gasteiger partial charge is 0.481 e. The van der Waals surface area contributed by atoms with Gasteiger partial charge in [0.05, 0.1) is 6.54 Å². The van der Waals surface area contributed by atoms with Gasteiger partial charge in [-0.05, 0) is 6.92 Å². The molecule has 0 aliphatic heterocycles. The van der Waals surface area contributed by atoms with Crippen LogP contribution in [-0.4, -0.2) is 30.0 Å². The molecular formula is C6H9F2NO3. The highest BCUT2D eigenvalue weighted by Crippen LogP contribution is 1.95. The molecule has 1 unspecified atom stereocenters. The molecule has 0 radical (unpaired) electrons. The van der Waals surface area contributed by atoms with Crippen LogP contribution in [-0.2, 0) is 9.59 Å². The molecule has 0 saturated heterocycles. The molecule has 6 heteroatoms. The lowest BCUT2D eigenvalue weighted by atomic mass is 10.2. The first-order chi connectivity index (χ1) is 5.45. The minimum absolute atomic E-state index is 0.809. The normalized spacial score (nSPS) is 12.7. The van der Waals surface area contributed by atoms with E-state index in [2.05, 4.69) is 0 Å². The molecule has 0 aromatic heterocycles. The van der Waals surface area contributed by atoms with Gasteiger partial charge >= 0.3 is 5.97 Å². The minimum atomic E-state index is -2.66. The molecular weight excluding hydrogens is 172 g/mol. The zero-order valence-corrected chi connectivity index (χ0v) is 6.38. The second-order valence-electron chi connectivity index (χ2n) is 2.20. The zero-order valence-electron chi connectivity index (χ0n) is 6.38. The molecule has 0 aliphatic rings. The second-order valence-corrected chi connectivity index (χ2v) is 2.20. The molecule has 0 fully saturated rings. The van der Waals surface area contributed by atoms with Crippen LogP contribution in [0.25, 0.3) is 0 Å². The monoisotopic (exact) mass is 181 g/mol. The summed E-state index contributed by atoms with van der Waals surface area (Å²) >= 11 is 0. The van der Waals surface area contributed by atoms with E-state index in [9.17, 15) is 18.4 Å². The van der Waals surface area contributed by atoms with Gasteiger partial charge in [0.2, 0.25) is 5.91 Å². The third kappa shape index (κ3) is 3.85. The van der Waals surface area contributed by atoms with Gasteiger partial charge in [0, 0.05) is 0 Å². The van der Waals surface area contributed by atoms with Crippen molar-refractivity contribution in [2.75, 3.05) is 6.54 Å². The maximum absolute atomic E-state index is 11.5. The number of aliphatic carboxylic acids is 1. The summed E-state index contributed by atoms with van der Waals surface area (Å²) in [5.41, 5.74) is 0. The number of hydrogen-bond donors (Lipinski definition) is 2. The fourth-order valence-corrected chi connectivity index (χ4v) is 0.443. The number of nitrogens with one attached hydrogen (secondary N) is 1. The van der Waals surface area contributed by atoms with Crippen LogP contribution in [0.2, 0.25) is 0 Å². The van der Waals surface area contributed by atoms with E-state index in [0.29, 0.717) is 0 Å². The summed E-state index contributed by atoms with van der Waals surface area (Å²) < 4.78 is 23.0. The van der Waals surface area contributed by atoms with Gasteiger partial charge in [-0.15, -0.1) is 0 Å². The van der Waals surface area contributed by atoms with Gasteiger partial charge in [0.1, 0.15) is 5.92 Å². The van der Waals surface area contributed by atoms with E-state index >= 15 is 0 Å². The van der Waals surface area contributed by atoms with E-state index in [-0.39, 0.29) is 0 Å². The molecule has 0 aromatic carbocycles. The van der Waals surface area contributed by atoms with Crippen molar-refractivity contribution < 1.29 is 23.5 Å². The summed E-state index contributed by atoms with van der Waals surface area (Å²) in [5, 5.41) is 10.1. The molecule has 0 rings (SSSR count). The predicted octanol–water partition coefficient (Wildman–Crippen LogP) is 0.0884. The number of halogens is 2. The number of rotatable bonds is 4. The maximum atomic E-state index is 11.5. The Balaban J connectivity index is 3.80. The van der Waals surface area contributed by atoms with Crippen LogP contribution in [0, 0.1) is 5.92 Å². The van der Waals surface area contributed by atoms with Crippen molar-refractivity contribution >= 4 is 11.9 Å². The van der Waals surface area contributed by atoms with Crippen molar-refractivity contribution in [3.63, 3.8) is 0 Å². The fourth-order valence-electron chi connectivity index (χ4n) is 0.443. The van der Waals surface area contributed by atoms with Crippen molar-refractivity contribution in [2.45, 2.75) is 13.3 Å². The van der Waals surface area contributed by atoms with Crippen LogP contribution < -0.4 is 5.32 Å². The molecule has 0 heterocycles. The highest BCUT2D eigenvalue weighted by Gasteiger charge is 2.20. The number of alkyl halides is 2. The third-order valence-electron chi connectivity index (χ3n) is 1.19. The Labute approximate surface area is 67.6 Å². The van der Waals surface area contributed by atoms with E-state index in [1.807, 2.05) is 0 Å². The Kier molecular flexibility index (Phi) is 4.17. The van der Waals surface area contributed by atoms with Gasteiger partial charge in [-0.2, -0.15) is 0 Å². The Morgan fingerprint density at radius 1 is 1.50 bits per heavy atom. The van der Waals surface area contributed by atoms with Crippen molar-refractivity contribution in [1.82, 2.24) is 5.32 Å². The molecule has 0 spiro atoms. The zero-order chi connectivity index (χ0) is 9.72. The van der Waals surface area contributed by atoms with E-state index in [0.717, 1.165) is 6.92 Å². The second kappa shape index (κ2) is 4.63. The van der Waals surface area contributed by atoms with Crippen molar-refractivity contribution in [3.05, 3.63) is 0 Å². The van der Waals surface area contributed by atoms with Crippen LogP contribution in [0.5, 0.6) is 0 Å². The summed E-state index contributed by atoms with van der Waals surface area (Å²) in [6, 6.07) is 0. The first kappa shape index (κ1) is 10.8. The van der Waals surface area contributed by atoms with Crippen LogP contribution in [0.1, 0.15) is 6.92 Å². The molecule has 70 valence electrons. The molecule has 0 aromatic rings. The number of carbonyl (C=O) groups excluding carboxylic acids is 1. The van der Waals surface area contributed by atoms with Gasteiger partial charge in [0.25, 0.3) is 6.43 Å². The molecule has 1 atom stereocenters. The summed E-state index contributed by atoms with van der Waals surface area (Å²) in [6.45, 7) is 0.319. The lowest BCUT2D eigenvalue weighted by Gasteiger charge is -2.06. The molecule has 0 bridgehead atoms.